The molecule has 1 atom stereocenters. The number of aryl methyl sites for hydroxylation is 1. The van der Waals surface area contributed by atoms with Gasteiger partial charge in [0.1, 0.15) is 0 Å². The molecule has 0 amide bonds. The average Bonchev–Trinajstić information content (AvgIpc) is 2.73. The van der Waals surface area contributed by atoms with E-state index in [1.165, 1.54) is 5.69 Å². The molecule has 0 aromatic carbocycles. The van der Waals surface area contributed by atoms with E-state index in [2.05, 4.69) is 55.8 Å². The second-order valence-electron chi connectivity index (χ2n) is 4.90. The highest BCUT2D eigenvalue weighted by Crippen LogP contribution is 2.35. The second kappa shape index (κ2) is 5.48. The van der Waals surface area contributed by atoms with E-state index in [-0.39, 0.29) is 5.41 Å². The Bertz CT molecular complexity index is 315. The number of nitrogens with zero attached hydrogens (tertiary/aromatic N) is 2. The van der Waals surface area contributed by atoms with Gasteiger partial charge in [0.25, 0.3) is 0 Å². The Morgan fingerprint density at radius 3 is 2.56 bits per heavy atom. The van der Waals surface area contributed by atoms with Gasteiger partial charge in [-0.05, 0) is 31.4 Å². The van der Waals surface area contributed by atoms with Crippen molar-refractivity contribution in [2.45, 2.75) is 53.6 Å². The molecule has 92 valence electrons. The lowest BCUT2D eigenvalue weighted by Crippen LogP contribution is -2.35. The summed E-state index contributed by atoms with van der Waals surface area (Å²) < 4.78 is 2.09. The number of rotatable bonds is 6. The summed E-state index contributed by atoms with van der Waals surface area (Å²) >= 11 is 0. The van der Waals surface area contributed by atoms with Gasteiger partial charge in [-0.1, -0.05) is 27.7 Å². The Morgan fingerprint density at radius 1 is 1.38 bits per heavy atom. The Kier molecular flexibility index (Phi) is 4.54. The van der Waals surface area contributed by atoms with Crippen LogP contribution in [0.1, 0.15) is 52.8 Å². The van der Waals surface area contributed by atoms with Crippen molar-refractivity contribution < 1.29 is 0 Å². The Morgan fingerprint density at radius 2 is 2.06 bits per heavy atom. The monoisotopic (exact) mass is 223 g/mol. The molecule has 3 heteroatoms. The summed E-state index contributed by atoms with van der Waals surface area (Å²) in [6, 6.07) is 2.51. The molecule has 0 aliphatic rings. The third kappa shape index (κ3) is 2.64. The molecule has 0 bridgehead atoms. The number of hydrogen-bond donors (Lipinski definition) is 1. The zero-order valence-electron chi connectivity index (χ0n) is 11.2. The van der Waals surface area contributed by atoms with Crippen molar-refractivity contribution in [1.29, 1.82) is 0 Å². The fourth-order valence-corrected chi connectivity index (χ4v) is 2.04. The van der Waals surface area contributed by atoms with Crippen molar-refractivity contribution in [3.8, 4) is 0 Å². The van der Waals surface area contributed by atoms with E-state index in [1.54, 1.807) is 0 Å². The van der Waals surface area contributed by atoms with Crippen LogP contribution in [0.15, 0.2) is 12.3 Å². The molecule has 0 saturated carbocycles. The molecule has 0 saturated heterocycles. The van der Waals surface area contributed by atoms with E-state index in [9.17, 15) is 0 Å². The van der Waals surface area contributed by atoms with Crippen molar-refractivity contribution in [2.75, 3.05) is 6.54 Å². The average molecular weight is 223 g/mol. The van der Waals surface area contributed by atoms with Gasteiger partial charge in [0.05, 0.1) is 11.7 Å². The van der Waals surface area contributed by atoms with Gasteiger partial charge in [0, 0.05) is 12.7 Å². The Labute approximate surface area is 99.2 Å². The molecule has 1 unspecified atom stereocenters. The molecule has 0 fully saturated rings. The first-order chi connectivity index (χ1) is 7.56. The van der Waals surface area contributed by atoms with Crippen LogP contribution in [0.5, 0.6) is 0 Å². The fourth-order valence-electron chi connectivity index (χ4n) is 2.04. The summed E-state index contributed by atoms with van der Waals surface area (Å²) in [5.41, 5.74) is 1.55. The number of nitrogens with one attached hydrogen (secondary N) is 1. The first kappa shape index (κ1) is 13.2. The van der Waals surface area contributed by atoms with Gasteiger partial charge in [-0.15, -0.1) is 0 Å². The van der Waals surface area contributed by atoms with Crippen LogP contribution >= 0.6 is 0 Å². The minimum atomic E-state index is 0.253. The Hall–Kier alpha value is -0.830. The highest BCUT2D eigenvalue weighted by atomic mass is 15.3. The van der Waals surface area contributed by atoms with Crippen LogP contribution in [-0.2, 0) is 6.54 Å². The molecule has 3 nitrogen and oxygen atoms in total. The van der Waals surface area contributed by atoms with Gasteiger partial charge in [0.2, 0.25) is 0 Å². The maximum absolute atomic E-state index is 4.36. The third-order valence-electron chi connectivity index (χ3n) is 3.45. The highest BCUT2D eigenvalue weighted by Gasteiger charge is 2.30. The van der Waals surface area contributed by atoms with Crippen molar-refractivity contribution in [3.63, 3.8) is 0 Å². The van der Waals surface area contributed by atoms with Crippen molar-refractivity contribution >= 4 is 0 Å². The van der Waals surface area contributed by atoms with Crippen LogP contribution in [0.2, 0.25) is 0 Å². The van der Waals surface area contributed by atoms with Crippen LogP contribution in [-0.4, -0.2) is 16.3 Å². The maximum Gasteiger partial charge on any atom is 0.0558 e. The fraction of sp³-hybridized carbons (Fsp3) is 0.769. The molecule has 1 heterocycles. The normalized spacial score (nSPS) is 14.1. The molecule has 1 N–H and O–H groups in total. The summed E-state index contributed by atoms with van der Waals surface area (Å²) in [6.45, 7) is 13.1. The lowest BCUT2D eigenvalue weighted by Gasteiger charge is -2.34. The lowest BCUT2D eigenvalue weighted by molar-refractivity contribution is 0.226. The predicted octanol–water partition coefficient (Wildman–Crippen LogP) is 2.99. The molecule has 1 rings (SSSR count). The minimum absolute atomic E-state index is 0.253. The number of aromatic nitrogens is 2. The quantitative estimate of drug-likeness (QED) is 0.803. The van der Waals surface area contributed by atoms with E-state index in [0.717, 1.165) is 19.5 Å². The molecule has 16 heavy (non-hydrogen) atoms. The van der Waals surface area contributed by atoms with Crippen LogP contribution in [0.25, 0.3) is 0 Å². The van der Waals surface area contributed by atoms with Crippen LogP contribution in [0, 0.1) is 5.41 Å². The summed E-state index contributed by atoms with van der Waals surface area (Å²) in [5.74, 6) is 0. The first-order valence-corrected chi connectivity index (χ1v) is 6.31. The molecule has 1 aromatic heterocycles. The molecule has 0 aliphatic carbocycles. The third-order valence-corrected chi connectivity index (χ3v) is 3.45. The first-order valence-electron chi connectivity index (χ1n) is 6.31. The zero-order valence-corrected chi connectivity index (χ0v) is 11.2. The molecule has 0 radical (unpaired) electrons. The van der Waals surface area contributed by atoms with Gasteiger partial charge in [-0.2, -0.15) is 5.10 Å². The summed E-state index contributed by atoms with van der Waals surface area (Å²) in [6.07, 6.45) is 3.05. The smallest absolute Gasteiger partial charge is 0.0558 e. The standard InChI is InChI=1S/C13H25N3/c1-6-13(4,5)12(14-7-2)11-9-10-15-16(11)8-3/h9-10,12,14H,6-8H2,1-5H3. The van der Waals surface area contributed by atoms with Crippen molar-refractivity contribution in [3.05, 3.63) is 18.0 Å². The second-order valence-corrected chi connectivity index (χ2v) is 4.90. The van der Waals surface area contributed by atoms with E-state index in [0.29, 0.717) is 6.04 Å². The van der Waals surface area contributed by atoms with Crippen molar-refractivity contribution in [1.82, 2.24) is 15.1 Å². The molecule has 1 aromatic rings. The minimum Gasteiger partial charge on any atom is -0.308 e. The highest BCUT2D eigenvalue weighted by molar-refractivity contribution is 5.10. The summed E-state index contributed by atoms with van der Waals surface area (Å²) in [4.78, 5) is 0. The number of hydrogen-bond acceptors (Lipinski definition) is 2. The van der Waals surface area contributed by atoms with Crippen LogP contribution in [0.3, 0.4) is 0 Å². The van der Waals surface area contributed by atoms with E-state index >= 15 is 0 Å². The zero-order chi connectivity index (χ0) is 12.2. The topological polar surface area (TPSA) is 29.9 Å². The Balaban J connectivity index is 3.02. The molecule has 0 aliphatic heterocycles. The van der Waals surface area contributed by atoms with Gasteiger partial charge in [-0.25, -0.2) is 0 Å². The van der Waals surface area contributed by atoms with E-state index in [1.807, 2.05) is 6.20 Å². The van der Waals surface area contributed by atoms with Gasteiger partial charge in [-0.3, -0.25) is 4.68 Å². The summed E-state index contributed by atoms with van der Waals surface area (Å²) in [7, 11) is 0. The largest absolute Gasteiger partial charge is 0.308 e. The molecular weight excluding hydrogens is 198 g/mol. The lowest BCUT2D eigenvalue weighted by atomic mass is 9.80. The van der Waals surface area contributed by atoms with Gasteiger partial charge < -0.3 is 5.32 Å². The van der Waals surface area contributed by atoms with Gasteiger partial charge >= 0.3 is 0 Å². The van der Waals surface area contributed by atoms with Crippen LogP contribution < -0.4 is 5.32 Å². The van der Waals surface area contributed by atoms with E-state index in [4.69, 9.17) is 0 Å². The van der Waals surface area contributed by atoms with E-state index < -0.39 is 0 Å². The van der Waals surface area contributed by atoms with Gasteiger partial charge in [0.15, 0.2) is 0 Å². The molecular formula is C13H25N3. The SMILES string of the molecule is CCNC(c1ccnn1CC)C(C)(C)CC. The maximum atomic E-state index is 4.36. The predicted molar refractivity (Wildman–Crippen MR) is 68.4 cm³/mol. The summed E-state index contributed by atoms with van der Waals surface area (Å²) in [5, 5.41) is 7.95. The van der Waals surface area contributed by atoms with Crippen molar-refractivity contribution in [2.24, 2.45) is 5.41 Å². The van der Waals surface area contributed by atoms with Crippen LogP contribution in [0.4, 0.5) is 0 Å². The molecule has 0 spiro atoms.